The van der Waals surface area contributed by atoms with Gasteiger partial charge in [-0.15, -0.1) is 0 Å². The molecule has 3 aliphatic heterocycles. The Kier molecular flexibility index (Phi) is 7.19. The molecule has 204 valence electrons. The number of rotatable bonds is 6. The summed E-state index contributed by atoms with van der Waals surface area (Å²) >= 11 is 0. The van der Waals surface area contributed by atoms with Gasteiger partial charge >= 0.3 is 6.09 Å². The fourth-order valence-corrected chi connectivity index (χ4v) is 6.96. The van der Waals surface area contributed by atoms with Crippen LogP contribution in [-0.4, -0.2) is 95.1 Å². The predicted octanol–water partition coefficient (Wildman–Crippen LogP) is 2.17. The summed E-state index contributed by atoms with van der Waals surface area (Å²) in [6.45, 7) is 6.97. The molecule has 12 heteroatoms. The van der Waals surface area contributed by atoms with E-state index in [2.05, 4.69) is 16.0 Å². The second-order valence-electron chi connectivity index (χ2n) is 9.93. The van der Waals surface area contributed by atoms with Crippen LogP contribution in [0.3, 0.4) is 0 Å². The molecular weight excluding hydrogens is 510 g/mol. The Labute approximate surface area is 223 Å². The van der Waals surface area contributed by atoms with Gasteiger partial charge in [-0.25, -0.2) is 18.2 Å². The second kappa shape index (κ2) is 10.4. The highest BCUT2D eigenvalue weighted by molar-refractivity contribution is 7.93. The molecule has 4 heterocycles. The highest BCUT2D eigenvalue weighted by atomic mass is 32.2. The van der Waals surface area contributed by atoms with Crippen LogP contribution < -0.4 is 14.1 Å². The van der Waals surface area contributed by atoms with Crippen LogP contribution in [0.4, 0.5) is 22.0 Å². The molecule has 11 nitrogen and oxygen atoms in total. The smallest absolute Gasteiger partial charge is 0.414 e. The number of benzene rings is 1. The van der Waals surface area contributed by atoms with Gasteiger partial charge < -0.3 is 19.3 Å². The molecule has 38 heavy (non-hydrogen) atoms. The Morgan fingerprint density at radius 3 is 2.55 bits per heavy atom. The van der Waals surface area contributed by atoms with Gasteiger partial charge in [0.05, 0.1) is 29.7 Å². The van der Waals surface area contributed by atoms with Gasteiger partial charge in [0.2, 0.25) is 10.0 Å². The number of carbonyl (C=O) groups excluding carboxylic acids is 2. The van der Waals surface area contributed by atoms with Gasteiger partial charge in [-0.2, -0.15) is 0 Å². The Morgan fingerprint density at radius 2 is 1.89 bits per heavy atom. The van der Waals surface area contributed by atoms with Gasteiger partial charge in [0.15, 0.2) is 0 Å². The maximum Gasteiger partial charge on any atom is 0.414 e. The third kappa shape index (κ3) is 4.90. The third-order valence-corrected chi connectivity index (χ3v) is 9.09. The second-order valence-corrected chi connectivity index (χ2v) is 11.9. The molecule has 0 N–H and O–H groups in total. The molecule has 0 bridgehead atoms. The van der Waals surface area contributed by atoms with Crippen molar-refractivity contribution >= 4 is 39.2 Å². The van der Waals surface area contributed by atoms with Gasteiger partial charge in [0.1, 0.15) is 12.4 Å². The first-order valence-corrected chi connectivity index (χ1v) is 14.4. The Morgan fingerprint density at radius 1 is 1.13 bits per heavy atom. The summed E-state index contributed by atoms with van der Waals surface area (Å²) in [5, 5.41) is 0. The van der Waals surface area contributed by atoms with Gasteiger partial charge in [-0.3, -0.25) is 14.0 Å². The van der Waals surface area contributed by atoms with Crippen LogP contribution in [0.25, 0.3) is 0 Å². The number of nitrogens with zero attached hydrogens (tertiary/aromatic N) is 5. The lowest BCUT2D eigenvalue weighted by molar-refractivity contribution is 0.0747. The number of aryl methyl sites for hydroxylation is 2. The van der Waals surface area contributed by atoms with E-state index in [1.165, 1.54) is 9.21 Å². The van der Waals surface area contributed by atoms with Crippen LogP contribution in [0.2, 0.25) is 0 Å². The Hall–Kier alpha value is -3.38. The molecule has 1 unspecified atom stereocenters. The molecule has 3 saturated heterocycles. The number of hydrogen-bond acceptors (Lipinski definition) is 8. The number of pyridine rings is 1. The summed E-state index contributed by atoms with van der Waals surface area (Å²) in [6.07, 6.45) is 1.79. The number of piperazine rings is 1. The molecular formula is C26H33N5O6S. The molecule has 0 radical (unpaired) electrons. The topological polar surface area (TPSA) is 113 Å². The first kappa shape index (κ1) is 26.2. The van der Waals surface area contributed by atoms with E-state index in [-0.39, 0.29) is 37.5 Å². The molecule has 2 amide bonds. The number of amides is 2. The summed E-state index contributed by atoms with van der Waals surface area (Å²) in [4.78, 5) is 36.2. The van der Waals surface area contributed by atoms with E-state index in [0.29, 0.717) is 49.5 Å². The van der Waals surface area contributed by atoms with Crippen molar-refractivity contribution in [1.82, 2.24) is 9.88 Å². The fraction of sp³-hybridized carbons (Fsp3) is 0.500. The van der Waals surface area contributed by atoms with Gasteiger partial charge in [-0.05, 0) is 49.6 Å². The van der Waals surface area contributed by atoms with Crippen LogP contribution in [0.5, 0.6) is 0 Å². The average molecular weight is 544 g/mol. The van der Waals surface area contributed by atoms with E-state index in [9.17, 15) is 18.0 Å². The number of hydrogen-bond donors (Lipinski definition) is 0. The number of sulfonamides is 1. The number of carbonyl (C=O) groups is 2. The lowest BCUT2D eigenvalue weighted by atomic mass is 10.1. The summed E-state index contributed by atoms with van der Waals surface area (Å²) in [6, 6.07) is 6.65. The van der Waals surface area contributed by atoms with Crippen LogP contribution in [0.1, 0.15) is 27.9 Å². The third-order valence-electron chi connectivity index (χ3n) is 7.23. The zero-order valence-corrected chi connectivity index (χ0v) is 22.7. The maximum absolute atomic E-state index is 13.8. The van der Waals surface area contributed by atoms with Crippen molar-refractivity contribution in [1.29, 1.82) is 0 Å². The van der Waals surface area contributed by atoms with Crippen LogP contribution in [0.15, 0.2) is 30.5 Å². The van der Waals surface area contributed by atoms with Crippen molar-refractivity contribution in [3.63, 3.8) is 0 Å². The van der Waals surface area contributed by atoms with Crippen molar-refractivity contribution in [3.05, 3.63) is 47.2 Å². The normalized spacial score (nSPS) is 21.2. The molecule has 0 saturated carbocycles. The van der Waals surface area contributed by atoms with Crippen LogP contribution >= 0.6 is 0 Å². The molecule has 0 aliphatic carbocycles. The summed E-state index contributed by atoms with van der Waals surface area (Å²) < 4.78 is 37.5. The summed E-state index contributed by atoms with van der Waals surface area (Å²) in [5.41, 5.74) is 3.25. The van der Waals surface area contributed by atoms with Gasteiger partial charge in [-0.1, -0.05) is 6.07 Å². The standard InChI is InChI=1S/C26H33N5O6S/c1-18-13-19(2)24(27-15-18)28-8-10-29(11-9-28)25(32)22-6-5-20(31-21(16-36-3)17-37-26(31)33)14-23(22)30-7-4-12-38(30,34)35/h5-6,13-15,21H,4,7-12,16-17H2,1-3H3. The zero-order valence-electron chi connectivity index (χ0n) is 21.9. The van der Waals surface area contributed by atoms with Gasteiger partial charge in [0, 0.05) is 51.7 Å². The maximum atomic E-state index is 13.8. The minimum absolute atomic E-state index is 0.0183. The zero-order chi connectivity index (χ0) is 27.0. The predicted molar refractivity (Wildman–Crippen MR) is 144 cm³/mol. The molecule has 5 rings (SSSR count). The molecule has 1 atom stereocenters. The lowest BCUT2D eigenvalue weighted by Gasteiger charge is -2.36. The number of methoxy groups -OCH3 is 1. The number of cyclic esters (lactones) is 1. The molecule has 3 fully saturated rings. The SMILES string of the molecule is COCC1COC(=O)N1c1ccc(C(=O)N2CCN(c3ncc(C)cc3C)CC2)c(N2CCCS2(=O)=O)c1. The van der Waals surface area contributed by atoms with Gasteiger partial charge in [0.25, 0.3) is 5.91 Å². The number of anilines is 3. The molecule has 1 aromatic carbocycles. The van der Waals surface area contributed by atoms with Crippen LogP contribution in [0, 0.1) is 13.8 Å². The minimum atomic E-state index is -3.57. The van der Waals surface area contributed by atoms with Crippen molar-refractivity contribution in [2.45, 2.75) is 26.3 Å². The fourth-order valence-electron chi connectivity index (χ4n) is 5.39. The van der Waals surface area contributed by atoms with Crippen molar-refractivity contribution in [2.75, 3.05) is 72.9 Å². The molecule has 0 spiro atoms. The van der Waals surface area contributed by atoms with E-state index in [4.69, 9.17) is 9.47 Å². The van der Waals surface area contributed by atoms with E-state index >= 15 is 0 Å². The minimum Gasteiger partial charge on any atom is -0.447 e. The van der Waals surface area contributed by atoms with Crippen molar-refractivity contribution in [3.8, 4) is 0 Å². The largest absolute Gasteiger partial charge is 0.447 e. The van der Waals surface area contributed by atoms with Crippen LogP contribution in [-0.2, 0) is 19.5 Å². The number of aromatic nitrogens is 1. The molecule has 3 aliphatic rings. The van der Waals surface area contributed by atoms with E-state index in [1.54, 1.807) is 30.2 Å². The molecule has 1 aromatic heterocycles. The highest BCUT2D eigenvalue weighted by Crippen LogP contribution is 2.35. The summed E-state index contributed by atoms with van der Waals surface area (Å²) in [5.74, 6) is 0.697. The van der Waals surface area contributed by atoms with E-state index < -0.39 is 16.1 Å². The van der Waals surface area contributed by atoms with Crippen molar-refractivity contribution in [2.24, 2.45) is 0 Å². The Balaban J connectivity index is 1.42. The summed E-state index contributed by atoms with van der Waals surface area (Å²) in [7, 11) is -2.03. The average Bonchev–Trinajstić information content (AvgIpc) is 3.44. The highest BCUT2D eigenvalue weighted by Gasteiger charge is 2.37. The molecule has 2 aromatic rings. The van der Waals surface area contributed by atoms with E-state index in [0.717, 1.165) is 16.9 Å². The first-order valence-electron chi connectivity index (χ1n) is 12.8. The lowest BCUT2D eigenvalue weighted by Crippen LogP contribution is -2.49. The monoisotopic (exact) mass is 543 g/mol. The van der Waals surface area contributed by atoms with Crippen molar-refractivity contribution < 1.29 is 27.5 Å². The number of ether oxygens (including phenoxy) is 2. The quantitative estimate of drug-likeness (QED) is 0.545. The first-order chi connectivity index (χ1) is 18.2. The Bertz CT molecular complexity index is 1340. The van der Waals surface area contributed by atoms with E-state index in [1.807, 2.05) is 20.0 Å².